The molecule has 0 aliphatic carbocycles. The van der Waals surface area contributed by atoms with Crippen LogP contribution in [0.25, 0.3) is 0 Å². The molecule has 2 unspecified atom stereocenters. The standard InChI is InChI=1S/C10H11F2NO4/c11-6-1-4(9(15)8(14)3-13)5(10(16)17)2-7(6)12/h1-2,8-9,14-15H,3,13H2,(H,16,17). The highest BCUT2D eigenvalue weighted by molar-refractivity contribution is 5.89. The van der Waals surface area contributed by atoms with Crippen LogP contribution >= 0.6 is 0 Å². The summed E-state index contributed by atoms with van der Waals surface area (Å²) in [6.07, 6.45) is -3.15. The maximum Gasteiger partial charge on any atom is 0.336 e. The lowest BCUT2D eigenvalue weighted by molar-refractivity contribution is 0.0229. The molecule has 7 heteroatoms. The predicted molar refractivity (Wildman–Crippen MR) is 53.3 cm³/mol. The van der Waals surface area contributed by atoms with Gasteiger partial charge in [-0.05, 0) is 12.1 Å². The number of carboxylic acids is 1. The zero-order valence-electron chi connectivity index (χ0n) is 8.60. The van der Waals surface area contributed by atoms with Crippen LogP contribution in [-0.2, 0) is 0 Å². The minimum atomic E-state index is -1.69. The van der Waals surface area contributed by atoms with E-state index in [0.717, 1.165) is 0 Å². The summed E-state index contributed by atoms with van der Waals surface area (Å²) < 4.78 is 25.8. The van der Waals surface area contributed by atoms with Gasteiger partial charge in [-0.2, -0.15) is 0 Å². The Hall–Kier alpha value is -1.57. The molecule has 0 aliphatic rings. The molecule has 0 aliphatic heterocycles. The van der Waals surface area contributed by atoms with Crippen molar-refractivity contribution in [2.24, 2.45) is 5.73 Å². The van der Waals surface area contributed by atoms with Gasteiger partial charge in [0.25, 0.3) is 0 Å². The van der Waals surface area contributed by atoms with E-state index in [2.05, 4.69) is 0 Å². The minimum Gasteiger partial charge on any atom is -0.478 e. The van der Waals surface area contributed by atoms with Crippen LogP contribution in [0.1, 0.15) is 22.0 Å². The van der Waals surface area contributed by atoms with Gasteiger partial charge in [-0.3, -0.25) is 0 Å². The normalized spacial score (nSPS) is 14.4. The first-order valence-corrected chi connectivity index (χ1v) is 4.67. The second kappa shape index (κ2) is 5.17. The van der Waals surface area contributed by atoms with Crippen molar-refractivity contribution >= 4 is 5.97 Å². The fourth-order valence-corrected chi connectivity index (χ4v) is 1.33. The fourth-order valence-electron chi connectivity index (χ4n) is 1.33. The van der Waals surface area contributed by atoms with Gasteiger partial charge < -0.3 is 21.1 Å². The summed E-state index contributed by atoms with van der Waals surface area (Å²) in [5.41, 5.74) is 4.04. The third kappa shape index (κ3) is 2.76. The molecule has 1 aromatic carbocycles. The number of aliphatic hydroxyl groups excluding tert-OH is 2. The third-order valence-corrected chi connectivity index (χ3v) is 2.25. The third-order valence-electron chi connectivity index (χ3n) is 2.25. The van der Waals surface area contributed by atoms with Crippen molar-refractivity contribution in [2.75, 3.05) is 6.54 Å². The van der Waals surface area contributed by atoms with E-state index < -0.39 is 40.9 Å². The van der Waals surface area contributed by atoms with Crippen LogP contribution in [-0.4, -0.2) is 33.9 Å². The number of halogens is 2. The second-order valence-electron chi connectivity index (χ2n) is 3.41. The van der Waals surface area contributed by atoms with Gasteiger partial charge in [0, 0.05) is 12.1 Å². The lowest BCUT2D eigenvalue weighted by Gasteiger charge is -2.18. The molecule has 0 amide bonds. The Balaban J connectivity index is 3.30. The highest BCUT2D eigenvalue weighted by Crippen LogP contribution is 2.24. The highest BCUT2D eigenvalue weighted by Gasteiger charge is 2.25. The van der Waals surface area contributed by atoms with E-state index in [1.165, 1.54) is 0 Å². The number of nitrogens with two attached hydrogens (primary N) is 1. The molecule has 5 nitrogen and oxygen atoms in total. The van der Waals surface area contributed by atoms with E-state index in [9.17, 15) is 23.8 Å². The second-order valence-corrected chi connectivity index (χ2v) is 3.41. The average molecular weight is 247 g/mol. The zero-order chi connectivity index (χ0) is 13.2. The van der Waals surface area contributed by atoms with Crippen LogP contribution in [0, 0.1) is 11.6 Å². The van der Waals surface area contributed by atoms with E-state index in [-0.39, 0.29) is 6.54 Å². The maximum atomic E-state index is 13.0. The summed E-state index contributed by atoms with van der Waals surface area (Å²) in [5.74, 6) is -4.20. The van der Waals surface area contributed by atoms with E-state index in [4.69, 9.17) is 10.8 Å². The Bertz CT molecular complexity index is 439. The number of hydrogen-bond donors (Lipinski definition) is 4. The maximum absolute atomic E-state index is 13.0. The first-order valence-electron chi connectivity index (χ1n) is 4.67. The molecular formula is C10H11F2NO4. The van der Waals surface area contributed by atoms with Gasteiger partial charge in [0.1, 0.15) is 6.10 Å². The Morgan fingerprint density at radius 2 is 1.82 bits per heavy atom. The highest BCUT2D eigenvalue weighted by atomic mass is 19.2. The molecule has 0 fully saturated rings. The summed E-state index contributed by atoms with van der Waals surface area (Å²) in [6.45, 7) is -0.348. The summed E-state index contributed by atoms with van der Waals surface area (Å²) in [5, 5.41) is 27.6. The van der Waals surface area contributed by atoms with Gasteiger partial charge >= 0.3 is 5.97 Å². The number of hydrogen-bond acceptors (Lipinski definition) is 4. The number of rotatable bonds is 4. The molecule has 0 saturated carbocycles. The number of carbonyl (C=O) groups is 1. The van der Waals surface area contributed by atoms with Crippen molar-refractivity contribution in [3.8, 4) is 0 Å². The summed E-state index contributed by atoms with van der Waals surface area (Å²) in [4.78, 5) is 10.8. The molecule has 0 aromatic heterocycles. The van der Waals surface area contributed by atoms with E-state index in [0.29, 0.717) is 12.1 Å². The molecule has 0 saturated heterocycles. The largest absolute Gasteiger partial charge is 0.478 e. The van der Waals surface area contributed by atoms with Crippen LogP contribution in [0.15, 0.2) is 12.1 Å². The summed E-state index contributed by atoms with van der Waals surface area (Å²) in [6, 6.07) is 0.974. The Labute approximate surface area is 95.1 Å². The van der Waals surface area contributed by atoms with Crippen LogP contribution in [0.3, 0.4) is 0 Å². The molecule has 1 aromatic rings. The zero-order valence-corrected chi connectivity index (χ0v) is 8.60. The average Bonchev–Trinajstić information content (AvgIpc) is 2.29. The topological polar surface area (TPSA) is 104 Å². The quantitative estimate of drug-likeness (QED) is 0.600. The van der Waals surface area contributed by atoms with Gasteiger partial charge in [-0.25, -0.2) is 13.6 Å². The van der Waals surface area contributed by atoms with Crippen molar-refractivity contribution in [1.82, 2.24) is 0 Å². The molecule has 0 spiro atoms. The SMILES string of the molecule is NCC(O)C(O)c1cc(F)c(F)cc1C(=O)O. The molecule has 1 rings (SSSR count). The predicted octanol–water partition coefficient (Wildman–Crippen LogP) is 0.0160. The summed E-state index contributed by atoms with van der Waals surface area (Å²) >= 11 is 0. The van der Waals surface area contributed by atoms with Crippen molar-refractivity contribution in [2.45, 2.75) is 12.2 Å². The van der Waals surface area contributed by atoms with Crippen molar-refractivity contribution in [3.05, 3.63) is 34.9 Å². The Morgan fingerprint density at radius 1 is 1.29 bits per heavy atom. The molecule has 0 radical (unpaired) electrons. The van der Waals surface area contributed by atoms with Gasteiger partial charge in [-0.15, -0.1) is 0 Å². The molecule has 0 heterocycles. The smallest absolute Gasteiger partial charge is 0.336 e. The number of aliphatic hydroxyl groups is 2. The molecule has 2 atom stereocenters. The van der Waals surface area contributed by atoms with Gasteiger partial charge in [0.05, 0.1) is 11.7 Å². The lowest BCUT2D eigenvalue weighted by Crippen LogP contribution is -2.28. The molecule has 5 N–H and O–H groups in total. The van der Waals surface area contributed by atoms with Crippen LogP contribution in [0.5, 0.6) is 0 Å². The first-order chi connectivity index (χ1) is 7.88. The number of aromatic carboxylic acids is 1. The molecule has 0 bridgehead atoms. The van der Waals surface area contributed by atoms with Crippen molar-refractivity contribution < 1.29 is 28.9 Å². The van der Waals surface area contributed by atoms with Crippen LogP contribution in [0.4, 0.5) is 8.78 Å². The first kappa shape index (κ1) is 13.5. The monoisotopic (exact) mass is 247 g/mol. The van der Waals surface area contributed by atoms with Crippen LogP contribution < -0.4 is 5.73 Å². The van der Waals surface area contributed by atoms with E-state index in [1.807, 2.05) is 0 Å². The molecule has 94 valence electrons. The lowest BCUT2D eigenvalue weighted by atomic mass is 9.98. The Morgan fingerprint density at radius 3 is 2.29 bits per heavy atom. The number of benzene rings is 1. The van der Waals surface area contributed by atoms with Gasteiger partial charge in [0.15, 0.2) is 11.6 Å². The fraction of sp³-hybridized carbons (Fsp3) is 0.300. The summed E-state index contributed by atoms with van der Waals surface area (Å²) in [7, 11) is 0. The van der Waals surface area contributed by atoms with E-state index in [1.54, 1.807) is 0 Å². The van der Waals surface area contributed by atoms with Crippen molar-refractivity contribution in [1.29, 1.82) is 0 Å². The van der Waals surface area contributed by atoms with Crippen molar-refractivity contribution in [3.63, 3.8) is 0 Å². The van der Waals surface area contributed by atoms with Crippen LogP contribution in [0.2, 0.25) is 0 Å². The molecular weight excluding hydrogens is 236 g/mol. The molecule has 17 heavy (non-hydrogen) atoms. The Kier molecular flexibility index (Phi) is 4.11. The minimum absolute atomic E-state index is 0.348. The van der Waals surface area contributed by atoms with Gasteiger partial charge in [-0.1, -0.05) is 0 Å². The van der Waals surface area contributed by atoms with E-state index >= 15 is 0 Å². The number of carboxylic acid groups (broad SMARTS) is 1. The van der Waals surface area contributed by atoms with Gasteiger partial charge in [0.2, 0.25) is 0 Å².